The van der Waals surface area contributed by atoms with Crippen LogP contribution >= 0.6 is 12.2 Å². The molecule has 1 aromatic carbocycles. The minimum absolute atomic E-state index is 0.277. The Hall–Kier alpha value is -1.68. The van der Waals surface area contributed by atoms with E-state index >= 15 is 0 Å². The Kier molecular flexibility index (Phi) is 2.51. The van der Waals surface area contributed by atoms with Crippen LogP contribution in [0, 0.1) is 11.6 Å². The third-order valence-electron chi connectivity index (χ3n) is 2.20. The van der Waals surface area contributed by atoms with Gasteiger partial charge in [0.15, 0.2) is 0 Å². The van der Waals surface area contributed by atoms with E-state index in [0.717, 1.165) is 16.8 Å². The van der Waals surface area contributed by atoms with Gasteiger partial charge in [-0.05, 0) is 18.6 Å². The number of aromatic nitrogens is 2. The van der Waals surface area contributed by atoms with Crippen molar-refractivity contribution in [3.63, 3.8) is 0 Å². The van der Waals surface area contributed by atoms with Crippen LogP contribution in [0.15, 0.2) is 35.1 Å². The minimum atomic E-state index is -0.277. The predicted molar refractivity (Wildman–Crippen MR) is 62.4 cm³/mol. The second-order valence-corrected chi connectivity index (χ2v) is 3.76. The Bertz CT molecular complexity index is 570. The lowest BCUT2D eigenvalue weighted by atomic mass is 10.1. The molecule has 15 heavy (non-hydrogen) atoms. The lowest BCUT2D eigenvalue weighted by molar-refractivity contribution is 1.07. The summed E-state index contributed by atoms with van der Waals surface area (Å²) in [5.41, 5.74) is 2.58. The summed E-state index contributed by atoms with van der Waals surface area (Å²) >= 11 is 4.95. The van der Waals surface area contributed by atoms with Crippen molar-refractivity contribution in [3.05, 3.63) is 51.0 Å². The van der Waals surface area contributed by atoms with Crippen LogP contribution in [0.5, 0.6) is 0 Å². The Morgan fingerprint density at radius 3 is 2.60 bits per heavy atom. The molecule has 0 aliphatic heterocycles. The van der Waals surface area contributed by atoms with Crippen molar-refractivity contribution in [2.24, 2.45) is 0 Å². The third-order valence-corrected chi connectivity index (χ3v) is 2.42. The number of hydrogen-bond donors (Lipinski definition) is 2. The van der Waals surface area contributed by atoms with Gasteiger partial charge in [-0.2, -0.15) is 0 Å². The summed E-state index contributed by atoms with van der Waals surface area (Å²) in [7, 11) is 0. The Labute approximate surface area is 91.8 Å². The Balaban J connectivity index is 2.70. The van der Waals surface area contributed by atoms with Crippen LogP contribution in [0.3, 0.4) is 0 Å². The lowest BCUT2D eigenvalue weighted by Gasteiger charge is -2.04. The minimum Gasteiger partial charge on any atom is -0.307 e. The van der Waals surface area contributed by atoms with E-state index in [-0.39, 0.29) is 5.69 Å². The summed E-state index contributed by atoms with van der Waals surface area (Å²) in [6.45, 7) is 1.99. The molecular formula is C11H10N2OS. The molecule has 0 aliphatic carbocycles. The first-order chi connectivity index (χ1) is 7.16. The summed E-state index contributed by atoms with van der Waals surface area (Å²) in [5.74, 6) is 0. The van der Waals surface area contributed by atoms with Gasteiger partial charge >= 0.3 is 5.69 Å². The maximum atomic E-state index is 11.2. The van der Waals surface area contributed by atoms with Gasteiger partial charge in [0.25, 0.3) is 0 Å². The van der Waals surface area contributed by atoms with Crippen LogP contribution in [-0.2, 0) is 0 Å². The van der Waals surface area contributed by atoms with Crippen molar-refractivity contribution in [2.75, 3.05) is 0 Å². The highest BCUT2D eigenvalue weighted by atomic mass is 32.1. The first kappa shape index (κ1) is 9.86. The van der Waals surface area contributed by atoms with Gasteiger partial charge in [-0.15, -0.1) is 0 Å². The van der Waals surface area contributed by atoms with Crippen LogP contribution in [-0.4, -0.2) is 9.97 Å². The van der Waals surface area contributed by atoms with Gasteiger partial charge in [-0.1, -0.05) is 36.5 Å². The summed E-state index contributed by atoms with van der Waals surface area (Å²) in [6, 6.07) is 9.59. The summed E-state index contributed by atoms with van der Waals surface area (Å²) in [4.78, 5) is 16.4. The van der Waals surface area contributed by atoms with Crippen molar-refractivity contribution < 1.29 is 0 Å². The molecule has 76 valence electrons. The molecule has 0 radical (unpaired) electrons. The highest BCUT2D eigenvalue weighted by Crippen LogP contribution is 2.19. The maximum absolute atomic E-state index is 11.2. The van der Waals surface area contributed by atoms with Crippen molar-refractivity contribution in [1.29, 1.82) is 0 Å². The fraction of sp³-hybridized carbons (Fsp3) is 0.0909. The fourth-order valence-corrected chi connectivity index (χ4v) is 1.70. The molecule has 0 atom stereocenters. The smallest absolute Gasteiger partial charge is 0.307 e. The van der Waals surface area contributed by atoms with E-state index in [9.17, 15) is 4.79 Å². The molecule has 0 aliphatic rings. The molecule has 0 bridgehead atoms. The molecule has 3 nitrogen and oxygen atoms in total. The number of rotatable bonds is 1. The van der Waals surface area contributed by atoms with E-state index < -0.39 is 0 Å². The summed E-state index contributed by atoms with van der Waals surface area (Å²) in [5, 5.41) is 0. The quantitative estimate of drug-likeness (QED) is 0.722. The molecule has 0 fully saturated rings. The van der Waals surface area contributed by atoms with E-state index in [1.807, 2.05) is 31.2 Å². The fourth-order valence-electron chi connectivity index (χ4n) is 1.49. The number of aromatic amines is 2. The van der Waals surface area contributed by atoms with Crippen molar-refractivity contribution in [2.45, 2.75) is 6.92 Å². The molecule has 0 amide bonds. The second kappa shape index (κ2) is 3.82. The van der Waals surface area contributed by atoms with Crippen LogP contribution in [0.2, 0.25) is 0 Å². The van der Waals surface area contributed by atoms with Crippen molar-refractivity contribution in [3.8, 4) is 11.3 Å². The van der Waals surface area contributed by atoms with Crippen molar-refractivity contribution >= 4 is 12.2 Å². The Morgan fingerprint density at radius 1 is 1.20 bits per heavy atom. The SMILES string of the molecule is Cc1ccccc1-c1cc(=S)[nH]c(=O)[nH]1. The molecular weight excluding hydrogens is 208 g/mol. The van der Waals surface area contributed by atoms with Crippen LogP contribution in [0.1, 0.15) is 5.56 Å². The van der Waals surface area contributed by atoms with Gasteiger partial charge < -0.3 is 4.98 Å². The maximum Gasteiger partial charge on any atom is 0.324 e. The topological polar surface area (TPSA) is 48.6 Å². The molecule has 1 aromatic heterocycles. The molecule has 0 saturated heterocycles. The zero-order valence-corrected chi connectivity index (χ0v) is 9.02. The molecule has 0 spiro atoms. The van der Waals surface area contributed by atoms with E-state index in [2.05, 4.69) is 9.97 Å². The Morgan fingerprint density at radius 2 is 1.93 bits per heavy atom. The molecule has 4 heteroatoms. The average molecular weight is 218 g/mol. The third kappa shape index (κ3) is 2.05. The molecule has 0 unspecified atom stereocenters. The van der Waals surface area contributed by atoms with E-state index in [0.29, 0.717) is 4.64 Å². The molecule has 2 aromatic rings. The van der Waals surface area contributed by atoms with Gasteiger partial charge in [0, 0.05) is 5.56 Å². The van der Waals surface area contributed by atoms with Gasteiger partial charge in [0.1, 0.15) is 4.64 Å². The zero-order chi connectivity index (χ0) is 10.8. The normalized spacial score (nSPS) is 10.2. The summed E-state index contributed by atoms with van der Waals surface area (Å²) < 4.78 is 0.442. The van der Waals surface area contributed by atoms with Crippen LogP contribution in [0.25, 0.3) is 11.3 Å². The highest BCUT2D eigenvalue weighted by Gasteiger charge is 2.01. The molecule has 2 N–H and O–H groups in total. The first-order valence-electron chi connectivity index (χ1n) is 4.56. The zero-order valence-electron chi connectivity index (χ0n) is 8.20. The average Bonchev–Trinajstić information content (AvgIpc) is 2.16. The number of aryl methyl sites for hydroxylation is 1. The number of H-pyrrole nitrogens is 2. The molecule has 2 rings (SSSR count). The highest BCUT2D eigenvalue weighted by molar-refractivity contribution is 7.71. The monoisotopic (exact) mass is 218 g/mol. The van der Waals surface area contributed by atoms with Gasteiger partial charge in [0.2, 0.25) is 0 Å². The largest absolute Gasteiger partial charge is 0.324 e. The van der Waals surface area contributed by atoms with Gasteiger partial charge in [-0.3, -0.25) is 4.98 Å². The number of hydrogen-bond acceptors (Lipinski definition) is 2. The van der Waals surface area contributed by atoms with Crippen molar-refractivity contribution in [1.82, 2.24) is 9.97 Å². The second-order valence-electron chi connectivity index (χ2n) is 3.32. The number of nitrogens with one attached hydrogen (secondary N) is 2. The summed E-state index contributed by atoms with van der Waals surface area (Å²) in [6.07, 6.45) is 0. The standard InChI is InChI=1S/C11H10N2OS/c1-7-4-2-3-5-8(7)9-6-10(15)13-11(14)12-9/h2-6H,1H3,(H2,12,13,14,15). The predicted octanol–water partition coefficient (Wildman–Crippen LogP) is 2.41. The van der Waals surface area contributed by atoms with Gasteiger partial charge in [0.05, 0.1) is 5.69 Å². The molecule has 1 heterocycles. The van der Waals surface area contributed by atoms with Gasteiger partial charge in [-0.25, -0.2) is 4.79 Å². The van der Waals surface area contributed by atoms with E-state index in [1.54, 1.807) is 6.07 Å². The number of benzene rings is 1. The van der Waals surface area contributed by atoms with Crippen LogP contribution < -0.4 is 5.69 Å². The van der Waals surface area contributed by atoms with Crippen LogP contribution in [0.4, 0.5) is 0 Å². The first-order valence-corrected chi connectivity index (χ1v) is 4.97. The molecule has 0 saturated carbocycles. The van der Waals surface area contributed by atoms with E-state index in [1.165, 1.54) is 0 Å². The lowest BCUT2D eigenvalue weighted by Crippen LogP contribution is -2.10. The van der Waals surface area contributed by atoms with E-state index in [4.69, 9.17) is 12.2 Å².